The van der Waals surface area contributed by atoms with E-state index in [0.29, 0.717) is 0 Å². The lowest BCUT2D eigenvalue weighted by molar-refractivity contribution is 0.543. The van der Waals surface area contributed by atoms with Gasteiger partial charge in [-0.3, -0.25) is 0 Å². The lowest BCUT2D eigenvalue weighted by Gasteiger charge is -2.18. The highest BCUT2D eigenvalue weighted by Crippen LogP contribution is 1.97. The smallest absolute Gasteiger partial charge is 0.367 e. The Morgan fingerprint density at radius 1 is 1.00 bits per heavy atom. The van der Waals surface area contributed by atoms with E-state index in [1.165, 1.54) is 0 Å². The van der Waals surface area contributed by atoms with Gasteiger partial charge in [-0.05, 0) is 28.2 Å². The summed E-state index contributed by atoms with van der Waals surface area (Å²) in [6.45, 7) is 0. The number of rotatable bonds is 2. The summed E-state index contributed by atoms with van der Waals surface area (Å²) in [6.07, 6.45) is 0. The van der Waals surface area contributed by atoms with Crippen LogP contribution >= 0.6 is 14.1 Å². The Bertz CT molecular complexity index is 59.1. The lowest BCUT2D eigenvalue weighted by Crippen LogP contribution is -2.40. The Morgan fingerprint density at radius 3 is 1.25 bits per heavy atom. The fourth-order valence-corrected chi connectivity index (χ4v) is 1.39. The van der Waals surface area contributed by atoms with Crippen LogP contribution in [0.3, 0.4) is 0 Å². The van der Waals surface area contributed by atoms with E-state index >= 15 is 0 Å². The van der Waals surface area contributed by atoms with Crippen LogP contribution in [0.4, 0.5) is 0 Å². The minimum atomic E-state index is -0.870. The van der Waals surface area contributed by atoms with Gasteiger partial charge in [0.1, 0.15) is 0 Å². The van der Waals surface area contributed by atoms with Crippen molar-refractivity contribution in [1.82, 2.24) is 7.77 Å². The van der Waals surface area contributed by atoms with E-state index in [1.54, 1.807) is 0 Å². The highest BCUT2D eigenvalue weighted by Gasteiger charge is 2.20. The molecule has 0 amide bonds. The van der Waals surface area contributed by atoms with Crippen LogP contribution in [0.15, 0.2) is 0 Å². The maximum absolute atomic E-state index is 3.60. The topological polar surface area (TPSA) is 6.48 Å². The molecular weight excluding hydrogens is 183 g/mol. The second kappa shape index (κ2) is 3.86. The van der Waals surface area contributed by atoms with Gasteiger partial charge in [-0.15, -0.1) is 0 Å². The van der Waals surface area contributed by atoms with Crippen LogP contribution in [-0.4, -0.2) is 48.7 Å². The van der Waals surface area contributed by atoms with Crippen LogP contribution in [0.2, 0.25) is 0 Å². The Morgan fingerprint density at radius 2 is 1.25 bits per heavy atom. The van der Waals surface area contributed by atoms with Crippen LogP contribution in [0.1, 0.15) is 0 Å². The summed E-state index contributed by atoms with van der Waals surface area (Å²) in [4.78, 5) is 0. The molecule has 0 saturated carbocycles. The third-order valence-electron chi connectivity index (χ3n) is 0.852. The molecule has 0 aromatic rings. The van der Waals surface area contributed by atoms with Gasteiger partial charge in [-0.25, -0.2) is 0 Å². The van der Waals surface area contributed by atoms with Crippen molar-refractivity contribution in [3.63, 3.8) is 0 Å². The van der Waals surface area contributed by atoms with Crippen molar-refractivity contribution in [1.29, 1.82) is 0 Å². The molecule has 0 N–H and O–H groups in total. The van der Waals surface area contributed by atoms with Crippen molar-refractivity contribution in [3.05, 3.63) is 0 Å². The fourth-order valence-electron chi connectivity index (χ4n) is 0.462. The van der Waals surface area contributed by atoms with Gasteiger partial charge in [-0.1, -0.05) is 0 Å². The Balaban J connectivity index is 3.46. The number of hydrogen-bond acceptors (Lipinski definition) is 2. The Kier molecular flexibility index (Phi) is 4.31. The molecule has 0 aliphatic heterocycles. The zero-order valence-electron chi connectivity index (χ0n) is 5.85. The molecule has 2 nitrogen and oxygen atoms in total. The van der Waals surface area contributed by atoms with E-state index in [-0.39, 0.29) is 0 Å². The molecule has 0 rings (SSSR count). The molecule has 0 aromatic heterocycles. The maximum Gasteiger partial charge on any atom is 0.584 e. The Labute approximate surface area is 62.9 Å². The summed E-state index contributed by atoms with van der Waals surface area (Å²) in [5, 5.41) is 0. The summed E-state index contributed by atoms with van der Waals surface area (Å²) in [7, 11) is 8.36. The molecule has 0 aliphatic rings. The molecule has 0 atom stereocenters. The van der Waals surface area contributed by atoms with Gasteiger partial charge < -0.3 is 7.77 Å². The predicted molar refractivity (Wildman–Crippen MR) is 42.1 cm³/mol. The van der Waals surface area contributed by atoms with E-state index in [0.717, 1.165) is 0 Å². The number of halogens is 1. The van der Waals surface area contributed by atoms with Crippen molar-refractivity contribution >= 4 is 26.8 Å². The molecule has 0 unspecified atom stereocenters. The van der Waals surface area contributed by atoms with Crippen LogP contribution < -0.4 is 0 Å². The van der Waals surface area contributed by atoms with Crippen LogP contribution in [0, 0.1) is 0 Å². The zero-order valence-corrected chi connectivity index (χ0v) is 8.59. The van der Waals surface area contributed by atoms with E-state index in [4.69, 9.17) is 0 Å². The lowest BCUT2D eigenvalue weighted by atomic mass is 11.3. The SMILES string of the molecule is C[N](C)[Al]([Br])[N](C)C. The predicted octanol–water partition coefficient (Wildman–Crippen LogP) is 0.489. The van der Waals surface area contributed by atoms with Crippen molar-refractivity contribution in [3.8, 4) is 0 Å². The minimum Gasteiger partial charge on any atom is -0.367 e. The second-order valence-corrected chi connectivity index (χ2v) is 7.38. The number of hydrogen-bond donors (Lipinski definition) is 0. The molecular formula is C4H12AlBrN2. The van der Waals surface area contributed by atoms with Crippen LogP contribution in [-0.2, 0) is 0 Å². The second-order valence-electron chi connectivity index (χ2n) is 2.24. The van der Waals surface area contributed by atoms with E-state index in [2.05, 4.69) is 50.0 Å². The van der Waals surface area contributed by atoms with Crippen LogP contribution in [0.25, 0.3) is 0 Å². The summed E-state index contributed by atoms with van der Waals surface area (Å²) in [5.41, 5.74) is 0. The monoisotopic (exact) mass is 194 g/mol. The van der Waals surface area contributed by atoms with Crippen molar-refractivity contribution in [2.45, 2.75) is 0 Å². The molecule has 0 aromatic carbocycles. The molecule has 0 heterocycles. The molecule has 0 aliphatic carbocycles. The first-order chi connectivity index (χ1) is 3.55. The normalized spacial score (nSPS) is 10.9. The van der Waals surface area contributed by atoms with Gasteiger partial charge in [0.25, 0.3) is 0 Å². The van der Waals surface area contributed by atoms with Gasteiger partial charge in [0.05, 0.1) is 0 Å². The Hall–Kier alpha value is 0.932. The largest absolute Gasteiger partial charge is 0.584 e. The molecule has 0 radical (unpaired) electrons. The average molecular weight is 195 g/mol. The van der Waals surface area contributed by atoms with Gasteiger partial charge in [0, 0.05) is 0 Å². The molecule has 0 bridgehead atoms. The van der Waals surface area contributed by atoms with Gasteiger partial charge >= 0.3 is 12.8 Å². The van der Waals surface area contributed by atoms with Gasteiger partial charge in [-0.2, -0.15) is 14.1 Å². The molecule has 4 heteroatoms. The third kappa shape index (κ3) is 3.06. The summed E-state index contributed by atoms with van der Waals surface area (Å²) in [5.74, 6) is 0. The van der Waals surface area contributed by atoms with Crippen molar-refractivity contribution in [2.24, 2.45) is 0 Å². The molecule has 0 fully saturated rings. The van der Waals surface area contributed by atoms with Gasteiger partial charge in [0.15, 0.2) is 0 Å². The standard InChI is InChI=1S/2C2H6N.Al.BrH/c2*1-3-2;;/h2*1-2H3;;1H/q2*-1;+3;/p-1. The van der Waals surface area contributed by atoms with Crippen molar-refractivity contribution < 1.29 is 0 Å². The molecule has 0 saturated heterocycles. The first-order valence-electron chi connectivity index (χ1n) is 2.52. The molecule has 0 spiro atoms. The minimum absolute atomic E-state index is 0.870. The zero-order chi connectivity index (χ0) is 6.73. The summed E-state index contributed by atoms with van der Waals surface area (Å²) in [6, 6.07) is 0. The highest BCUT2D eigenvalue weighted by atomic mass is 79.9. The van der Waals surface area contributed by atoms with E-state index < -0.39 is 12.8 Å². The average Bonchev–Trinajstić information content (AvgIpc) is 1.64. The van der Waals surface area contributed by atoms with E-state index in [1.807, 2.05) is 0 Å². The van der Waals surface area contributed by atoms with Crippen molar-refractivity contribution in [2.75, 3.05) is 28.2 Å². The highest BCUT2D eigenvalue weighted by molar-refractivity contribution is 9.24. The van der Waals surface area contributed by atoms with E-state index in [9.17, 15) is 0 Å². The summed E-state index contributed by atoms with van der Waals surface area (Å²) < 4.78 is 4.44. The number of nitrogens with zero attached hydrogens (tertiary/aromatic N) is 2. The maximum atomic E-state index is 3.60. The first kappa shape index (κ1) is 8.93. The quantitative estimate of drug-likeness (QED) is 0.591. The van der Waals surface area contributed by atoms with Gasteiger partial charge in [0.2, 0.25) is 0 Å². The molecule has 48 valence electrons. The fraction of sp³-hybridized carbons (Fsp3) is 1.00. The molecule has 8 heavy (non-hydrogen) atoms. The third-order valence-corrected chi connectivity index (χ3v) is 7.47. The summed E-state index contributed by atoms with van der Waals surface area (Å²) >= 11 is 2.73. The van der Waals surface area contributed by atoms with Crippen LogP contribution in [0.5, 0.6) is 0 Å². The first-order valence-corrected chi connectivity index (χ1v) is 6.74.